The van der Waals surface area contributed by atoms with E-state index < -0.39 is 17.9 Å². The van der Waals surface area contributed by atoms with Crippen LogP contribution >= 0.6 is 0 Å². The van der Waals surface area contributed by atoms with Crippen molar-refractivity contribution in [3.63, 3.8) is 0 Å². The third kappa shape index (κ3) is 3.52. The maximum atomic E-state index is 12.4. The Labute approximate surface area is 128 Å². The summed E-state index contributed by atoms with van der Waals surface area (Å²) in [6, 6.07) is 9.96. The highest BCUT2D eigenvalue weighted by Crippen LogP contribution is 2.12. The van der Waals surface area contributed by atoms with Gasteiger partial charge in [0.25, 0.3) is 5.91 Å². The summed E-state index contributed by atoms with van der Waals surface area (Å²) in [6.07, 6.45) is 0.986. The zero-order valence-corrected chi connectivity index (χ0v) is 12.6. The van der Waals surface area contributed by atoms with Crippen LogP contribution in [-0.4, -0.2) is 45.2 Å². The second-order valence-electron chi connectivity index (χ2n) is 5.09. The van der Waals surface area contributed by atoms with Crippen molar-refractivity contribution in [2.45, 2.75) is 25.8 Å². The molecule has 0 spiro atoms. The Morgan fingerprint density at radius 1 is 1.32 bits per heavy atom. The van der Waals surface area contributed by atoms with Crippen LogP contribution in [0.2, 0.25) is 0 Å². The van der Waals surface area contributed by atoms with Gasteiger partial charge >= 0.3 is 5.97 Å². The normalized spacial score (nSPS) is 11.9. The molecule has 0 bridgehead atoms. The van der Waals surface area contributed by atoms with Gasteiger partial charge in [-0.15, -0.1) is 0 Å². The third-order valence-electron chi connectivity index (χ3n) is 3.58. The molecule has 0 saturated carbocycles. The van der Waals surface area contributed by atoms with E-state index in [4.69, 9.17) is 0 Å². The Hall–Kier alpha value is -2.63. The second kappa shape index (κ2) is 6.89. The van der Waals surface area contributed by atoms with E-state index in [1.165, 1.54) is 11.9 Å². The summed E-state index contributed by atoms with van der Waals surface area (Å²) >= 11 is 0. The first-order valence-electron chi connectivity index (χ1n) is 7.11. The molecule has 1 unspecified atom stereocenters. The Bertz CT molecular complexity index is 652. The topological polar surface area (TPSA) is 86.3 Å². The Kier molecular flexibility index (Phi) is 4.93. The number of aromatic amines is 1. The number of aromatic nitrogens is 2. The van der Waals surface area contributed by atoms with Crippen LogP contribution in [0, 0.1) is 0 Å². The van der Waals surface area contributed by atoms with E-state index in [-0.39, 0.29) is 12.1 Å². The molecule has 0 fully saturated rings. The molecule has 1 heterocycles. The van der Waals surface area contributed by atoms with Gasteiger partial charge in [0.05, 0.1) is 0 Å². The lowest BCUT2D eigenvalue weighted by molar-refractivity contribution is -0.141. The molecule has 0 aliphatic rings. The Morgan fingerprint density at radius 3 is 2.55 bits per heavy atom. The summed E-state index contributed by atoms with van der Waals surface area (Å²) in [5.41, 5.74) is 1.94. The molecule has 0 aliphatic carbocycles. The van der Waals surface area contributed by atoms with Crippen LogP contribution in [-0.2, 0) is 17.6 Å². The molecule has 1 aromatic carbocycles. The molecule has 2 aromatic rings. The highest BCUT2D eigenvalue weighted by molar-refractivity contribution is 5.95. The fourth-order valence-electron chi connectivity index (χ4n) is 2.20. The van der Waals surface area contributed by atoms with Crippen LogP contribution < -0.4 is 0 Å². The van der Waals surface area contributed by atoms with Crippen LogP contribution in [0.1, 0.15) is 28.7 Å². The number of H-pyrrole nitrogens is 1. The SMILES string of the molecule is CCc1cc(C(=O)N(C)C(Cc2ccccc2)C(=O)O)n[nH]1. The number of amides is 1. The quantitative estimate of drug-likeness (QED) is 0.851. The average Bonchev–Trinajstić information content (AvgIpc) is 3.01. The van der Waals surface area contributed by atoms with E-state index in [1.807, 2.05) is 37.3 Å². The summed E-state index contributed by atoms with van der Waals surface area (Å²) in [5, 5.41) is 16.1. The molecule has 6 heteroatoms. The fourth-order valence-corrected chi connectivity index (χ4v) is 2.20. The lowest BCUT2D eigenvalue weighted by atomic mass is 10.0. The molecule has 2 N–H and O–H groups in total. The molecule has 0 radical (unpaired) electrons. The maximum Gasteiger partial charge on any atom is 0.326 e. The summed E-state index contributed by atoms with van der Waals surface area (Å²) in [4.78, 5) is 25.1. The third-order valence-corrected chi connectivity index (χ3v) is 3.58. The van der Waals surface area contributed by atoms with Gasteiger partial charge in [0.2, 0.25) is 0 Å². The van der Waals surface area contributed by atoms with Gasteiger partial charge in [-0.2, -0.15) is 5.10 Å². The van der Waals surface area contributed by atoms with E-state index in [2.05, 4.69) is 10.2 Å². The van der Waals surface area contributed by atoms with Crippen molar-refractivity contribution in [3.05, 3.63) is 53.3 Å². The van der Waals surface area contributed by atoms with E-state index in [0.717, 1.165) is 17.7 Å². The summed E-state index contributed by atoms with van der Waals surface area (Å²) in [6.45, 7) is 1.95. The van der Waals surface area contributed by atoms with Crippen molar-refractivity contribution in [3.8, 4) is 0 Å². The van der Waals surface area contributed by atoms with Crippen molar-refractivity contribution in [2.75, 3.05) is 7.05 Å². The fraction of sp³-hybridized carbons (Fsp3) is 0.312. The van der Waals surface area contributed by atoms with Gasteiger partial charge in [-0.3, -0.25) is 9.89 Å². The number of carboxylic acid groups (broad SMARTS) is 1. The van der Waals surface area contributed by atoms with E-state index in [0.29, 0.717) is 0 Å². The minimum Gasteiger partial charge on any atom is -0.480 e. The average molecular weight is 301 g/mol. The Balaban J connectivity index is 2.17. The lowest BCUT2D eigenvalue weighted by Crippen LogP contribution is -2.44. The monoisotopic (exact) mass is 301 g/mol. The molecule has 116 valence electrons. The molecule has 0 aliphatic heterocycles. The highest BCUT2D eigenvalue weighted by atomic mass is 16.4. The number of likely N-dealkylation sites (N-methyl/N-ethyl adjacent to an activating group) is 1. The lowest BCUT2D eigenvalue weighted by Gasteiger charge is -2.24. The van der Waals surface area contributed by atoms with Gasteiger partial charge in [0, 0.05) is 19.2 Å². The standard InChI is InChI=1S/C16H19N3O3/c1-3-12-10-13(18-17-12)15(20)19(2)14(16(21)22)9-11-7-5-4-6-8-11/h4-8,10,14H,3,9H2,1-2H3,(H,17,18)(H,21,22). The van der Waals surface area contributed by atoms with Crippen LogP contribution in [0.15, 0.2) is 36.4 Å². The number of carbonyl (C=O) groups excluding carboxylic acids is 1. The minimum absolute atomic E-state index is 0.235. The number of nitrogens with one attached hydrogen (secondary N) is 1. The van der Waals surface area contributed by atoms with Crippen LogP contribution in [0.25, 0.3) is 0 Å². The second-order valence-corrected chi connectivity index (χ2v) is 5.09. The molecular weight excluding hydrogens is 282 g/mol. The van der Waals surface area contributed by atoms with Gasteiger partial charge in [0.1, 0.15) is 11.7 Å². The number of rotatable bonds is 6. The van der Waals surface area contributed by atoms with Gasteiger partial charge in [-0.05, 0) is 18.1 Å². The summed E-state index contributed by atoms with van der Waals surface area (Å²) in [7, 11) is 1.49. The number of carboxylic acids is 1. The van der Waals surface area contributed by atoms with Crippen molar-refractivity contribution >= 4 is 11.9 Å². The molecule has 1 atom stereocenters. The number of benzene rings is 1. The number of hydrogen-bond acceptors (Lipinski definition) is 3. The first-order valence-corrected chi connectivity index (χ1v) is 7.11. The first-order chi connectivity index (χ1) is 10.5. The number of carbonyl (C=O) groups is 2. The van der Waals surface area contributed by atoms with Gasteiger partial charge in [-0.25, -0.2) is 4.79 Å². The van der Waals surface area contributed by atoms with E-state index in [1.54, 1.807) is 6.07 Å². The Morgan fingerprint density at radius 2 is 2.00 bits per heavy atom. The van der Waals surface area contributed by atoms with E-state index >= 15 is 0 Å². The molecule has 0 saturated heterocycles. The zero-order valence-electron chi connectivity index (χ0n) is 12.6. The highest BCUT2D eigenvalue weighted by Gasteiger charge is 2.28. The minimum atomic E-state index is -1.04. The van der Waals surface area contributed by atoms with Crippen LogP contribution in [0.4, 0.5) is 0 Å². The van der Waals surface area contributed by atoms with Crippen molar-refractivity contribution in [1.82, 2.24) is 15.1 Å². The molecule has 1 amide bonds. The number of hydrogen-bond donors (Lipinski definition) is 2. The van der Waals surface area contributed by atoms with Crippen molar-refractivity contribution < 1.29 is 14.7 Å². The van der Waals surface area contributed by atoms with Gasteiger partial charge < -0.3 is 10.0 Å². The van der Waals surface area contributed by atoms with Crippen LogP contribution in [0.5, 0.6) is 0 Å². The van der Waals surface area contributed by atoms with Gasteiger partial charge in [0.15, 0.2) is 0 Å². The molecule has 6 nitrogen and oxygen atoms in total. The predicted molar refractivity (Wildman–Crippen MR) is 81.6 cm³/mol. The predicted octanol–water partition coefficient (Wildman–Crippen LogP) is 1.74. The van der Waals surface area contributed by atoms with Crippen molar-refractivity contribution in [2.24, 2.45) is 0 Å². The summed E-state index contributed by atoms with van der Waals surface area (Å²) in [5.74, 6) is -1.44. The van der Waals surface area contributed by atoms with E-state index in [9.17, 15) is 14.7 Å². The van der Waals surface area contributed by atoms with Gasteiger partial charge in [-0.1, -0.05) is 37.3 Å². The van der Waals surface area contributed by atoms with Crippen LogP contribution in [0.3, 0.4) is 0 Å². The number of aryl methyl sites for hydroxylation is 1. The molecule has 22 heavy (non-hydrogen) atoms. The van der Waals surface area contributed by atoms with Crippen molar-refractivity contribution in [1.29, 1.82) is 0 Å². The zero-order chi connectivity index (χ0) is 16.1. The first kappa shape index (κ1) is 15.8. The molecule has 2 rings (SSSR count). The smallest absolute Gasteiger partial charge is 0.326 e. The molecule has 1 aromatic heterocycles. The largest absolute Gasteiger partial charge is 0.480 e. The number of aliphatic carboxylic acids is 1. The summed E-state index contributed by atoms with van der Waals surface area (Å²) < 4.78 is 0. The molecular formula is C16H19N3O3. The number of nitrogens with zero attached hydrogens (tertiary/aromatic N) is 2. The maximum absolute atomic E-state index is 12.4.